The van der Waals surface area contributed by atoms with Gasteiger partial charge in [-0.2, -0.15) is 0 Å². The lowest BCUT2D eigenvalue weighted by Crippen LogP contribution is -2.53. The molecule has 0 radical (unpaired) electrons. The molecule has 0 bridgehead atoms. The molecule has 1 atom stereocenters. The molecule has 4 aliphatic rings. The highest BCUT2D eigenvalue weighted by molar-refractivity contribution is 5.91. The monoisotopic (exact) mass is 747 g/mol. The van der Waals surface area contributed by atoms with Crippen molar-refractivity contribution in [1.82, 2.24) is 19.6 Å². The van der Waals surface area contributed by atoms with E-state index >= 15 is 0 Å². The van der Waals surface area contributed by atoms with E-state index in [0.29, 0.717) is 69.3 Å². The van der Waals surface area contributed by atoms with Crippen LogP contribution in [0.1, 0.15) is 88.0 Å². The summed E-state index contributed by atoms with van der Waals surface area (Å²) < 4.78 is 11.6. The van der Waals surface area contributed by atoms with Crippen molar-refractivity contribution in [3.05, 3.63) is 58.7 Å². The van der Waals surface area contributed by atoms with Gasteiger partial charge in [-0.25, -0.2) is 9.59 Å². The van der Waals surface area contributed by atoms with Gasteiger partial charge in [-0.15, -0.1) is 0 Å². The zero-order valence-electron chi connectivity index (χ0n) is 31.7. The molecule has 12 nitrogen and oxygen atoms in total. The smallest absolute Gasteiger partial charge is 0.410 e. The number of aryl methyl sites for hydroxylation is 2. The molecule has 12 heteroatoms. The number of carbonyl (C=O) groups excluding carboxylic acids is 4. The first-order chi connectivity index (χ1) is 25.6. The number of fused-ring (bicyclic) bond motifs is 1. The molecular weight excluding hydrogens is 686 g/mol. The Morgan fingerprint density at radius 3 is 2.17 bits per heavy atom. The maximum atomic E-state index is 14.2. The normalized spacial score (nSPS) is 19.6. The summed E-state index contributed by atoms with van der Waals surface area (Å²) in [5.74, 6) is -0.0918. The SMILES string of the molecule is C.CCCCOC(=O)C1CCN(C2CCN(C(=O)[C@@H](Cc3cc(C)c(O)c(C)c3)OC(=O)N3CCC(N4CCc5ccccc5NC4=O)CC3)CC2)CC1. The molecule has 3 fully saturated rings. The van der Waals surface area contributed by atoms with E-state index in [1.165, 1.54) is 0 Å². The Labute approximate surface area is 321 Å². The lowest BCUT2D eigenvalue weighted by atomic mass is 9.93. The molecular formula is C42H61N5O7. The lowest BCUT2D eigenvalue weighted by molar-refractivity contribution is -0.151. The number of benzene rings is 2. The Morgan fingerprint density at radius 1 is 0.870 bits per heavy atom. The van der Waals surface area contributed by atoms with Gasteiger partial charge in [0.15, 0.2) is 6.10 Å². The number of amides is 4. The van der Waals surface area contributed by atoms with E-state index in [-0.39, 0.29) is 49.5 Å². The van der Waals surface area contributed by atoms with Crippen LogP contribution in [0.2, 0.25) is 0 Å². The zero-order chi connectivity index (χ0) is 37.5. The predicted octanol–water partition coefficient (Wildman–Crippen LogP) is 6.29. The number of carbonyl (C=O) groups is 4. The van der Waals surface area contributed by atoms with Crippen molar-refractivity contribution in [2.45, 2.75) is 111 Å². The van der Waals surface area contributed by atoms with Gasteiger partial charge < -0.3 is 39.5 Å². The maximum Gasteiger partial charge on any atom is 0.410 e. The Bertz CT molecular complexity index is 1590. The average molecular weight is 748 g/mol. The van der Waals surface area contributed by atoms with Crippen LogP contribution in [0.3, 0.4) is 0 Å². The number of urea groups is 1. The number of hydrogen-bond donors (Lipinski definition) is 2. The second kappa shape index (κ2) is 18.8. The molecule has 296 valence electrons. The summed E-state index contributed by atoms with van der Waals surface area (Å²) in [7, 11) is 0. The first-order valence-corrected chi connectivity index (χ1v) is 19.7. The van der Waals surface area contributed by atoms with E-state index in [1.807, 2.05) is 60.0 Å². The standard InChI is InChI=1S/C41H57N5O7.CH4/c1-4-5-24-52-39(49)32-10-17-43(18-11-32)33-13-19-44(20-14-33)38(48)36(27-30-25-28(2)37(47)29(3)26-30)53-41(51)45-21-15-34(16-22-45)46-23-12-31-8-6-7-9-35(31)42-40(46)50;/h6-9,25-26,32-34,36,47H,4-5,10-24,27H2,1-3H3,(H,42,50);1H4/t36-;/m1./s1. The van der Waals surface area contributed by atoms with Gasteiger partial charge >= 0.3 is 18.1 Å². The van der Waals surface area contributed by atoms with Gasteiger partial charge in [-0.3, -0.25) is 9.59 Å². The number of phenolic OH excluding ortho intramolecular Hbond substituents is 1. The number of hydrogen-bond acceptors (Lipinski definition) is 8. The van der Waals surface area contributed by atoms with Gasteiger partial charge in [0.1, 0.15) is 5.75 Å². The van der Waals surface area contributed by atoms with E-state index in [1.54, 1.807) is 4.90 Å². The third-order valence-electron chi connectivity index (χ3n) is 11.7. The highest BCUT2D eigenvalue weighted by Crippen LogP contribution is 2.29. The topological polar surface area (TPSA) is 132 Å². The van der Waals surface area contributed by atoms with Crippen molar-refractivity contribution in [3.63, 3.8) is 0 Å². The fraction of sp³-hybridized carbons (Fsp3) is 0.619. The van der Waals surface area contributed by atoms with Crippen LogP contribution < -0.4 is 5.32 Å². The average Bonchev–Trinajstić information content (AvgIpc) is 3.34. The minimum absolute atomic E-state index is 0. The van der Waals surface area contributed by atoms with Gasteiger partial charge in [-0.05, 0) is 107 Å². The first-order valence-electron chi connectivity index (χ1n) is 19.7. The number of esters is 1. The van der Waals surface area contributed by atoms with Crippen LogP contribution in [0.4, 0.5) is 15.3 Å². The van der Waals surface area contributed by atoms with E-state index in [2.05, 4.69) is 17.1 Å². The summed E-state index contributed by atoms with van der Waals surface area (Å²) in [5, 5.41) is 13.4. The number of ether oxygens (including phenoxy) is 2. The summed E-state index contributed by atoms with van der Waals surface area (Å²) in [4.78, 5) is 61.3. The summed E-state index contributed by atoms with van der Waals surface area (Å²) in [6.45, 7) is 10.5. The number of piperidine rings is 3. The molecule has 0 spiro atoms. The van der Waals surface area contributed by atoms with Crippen LogP contribution in [0.15, 0.2) is 36.4 Å². The molecule has 54 heavy (non-hydrogen) atoms. The minimum Gasteiger partial charge on any atom is -0.507 e. The van der Waals surface area contributed by atoms with Crippen LogP contribution in [-0.2, 0) is 31.9 Å². The lowest BCUT2D eigenvalue weighted by Gasteiger charge is -2.42. The summed E-state index contributed by atoms with van der Waals surface area (Å²) in [6.07, 6.45) is 5.82. The molecule has 0 unspecified atom stereocenters. The van der Waals surface area contributed by atoms with Crippen LogP contribution in [0, 0.1) is 19.8 Å². The van der Waals surface area contributed by atoms with Crippen molar-refractivity contribution in [2.24, 2.45) is 5.92 Å². The predicted molar refractivity (Wildman–Crippen MR) is 209 cm³/mol. The Balaban J connectivity index is 0.00000561. The molecule has 2 N–H and O–H groups in total. The van der Waals surface area contributed by atoms with Crippen LogP contribution in [-0.4, -0.2) is 119 Å². The number of para-hydroxylation sites is 1. The molecule has 2 aromatic carbocycles. The molecule has 4 amide bonds. The van der Waals surface area contributed by atoms with Crippen molar-refractivity contribution in [2.75, 3.05) is 57.7 Å². The van der Waals surface area contributed by atoms with E-state index in [4.69, 9.17) is 9.47 Å². The number of phenols is 1. The van der Waals surface area contributed by atoms with Crippen molar-refractivity contribution >= 4 is 29.7 Å². The molecule has 6 rings (SSSR count). The molecule has 0 saturated carbocycles. The van der Waals surface area contributed by atoms with Crippen LogP contribution >= 0.6 is 0 Å². The van der Waals surface area contributed by atoms with Gasteiger partial charge in [-0.1, -0.05) is 51.1 Å². The van der Waals surface area contributed by atoms with Crippen molar-refractivity contribution in [1.29, 1.82) is 0 Å². The van der Waals surface area contributed by atoms with Gasteiger partial charge in [0.2, 0.25) is 0 Å². The quantitative estimate of drug-likeness (QED) is 0.214. The molecule has 4 aliphatic heterocycles. The second-order valence-corrected chi connectivity index (χ2v) is 15.3. The molecule has 2 aromatic rings. The fourth-order valence-electron chi connectivity index (χ4n) is 8.44. The number of nitrogens with one attached hydrogen (secondary N) is 1. The van der Waals surface area contributed by atoms with E-state index in [9.17, 15) is 24.3 Å². The highest BCUT2D eigenvalue weighted by atomic mass is 16.6. The molecule has 0 aromatic heterocycles. The molecule has 4 heterocycles. The first kappa shape index (κ1) is 40.9. The number of unbranched alkanes of at least 4 members (excludes halogenated alkanes) is 1. The molecule has 3 saturated heterocycles. The number of likely N-dealkylation sites (tertiary alicyclic amines) is 3. The third kappa shape index (κ3) is 9.85. The Hall–Kier alpha value is -4.32. The van der Waals surface area contributed by atoms with Crippen molar-refractivity contribution < 1.29 is 33.8 Å². The number of anilines is 1. The summed E-state index contributed by atoms with van der Waals surface area (Å²) >= 11 is 0. The third-order valence-corrected chi connectivity index (χ3v) is 11.7. The van der Waals surface area contributed by atoms with Gasteiger partial charge in [0, 0.05) is 56.9 Å². The summed E-state index contributed by atoms with van der Waals surface area (Å²) in [5.41, 5.74) is 4.20. The van der Waals surface area contributed by atoms with E-state index in [0.717, 1.165) is 74.8 Å². The van der Waals surface area contributed by atoms with E-state index < -0.39 is 12.2 Å². The van der Waals surface area contributed by atoms with Gasteiger partial charge in [0.05, 0.1) is 12.5 Å². The van der Waals surface area contributed by atoms with Crippen LogP contribution in [0.25, 0.3) is 0 Å². The van der Waals surface area contributed by atoms with Gasteiger partial charge in [0.25, 0.3) is 5.91 Å². The largest absolute Gasteiger partial charge is 0.507 e. The maximum absolute atomic E-state index is 14.2. The Morgan fingerprint density at radius 2 is 1.50 bits per heavy atom. The summed E-state index contributed by atoms with van der Waals surface area (Å²) in [6, 6.07) is 11.8. The second-order valence-electron chi connectivity index (χ2n) is 15.3. The number of aromatic hydroxyl groups is 1. The van der Waals surface area contributed by atoms with Crippen molar-refractivity contribution in [3.8, 4) is 5.75 Å². The highest BCUT2D eigenvalue weighted by Gasteiger charge is 2.37. The van der Waals surface area contributed by atoms with Crippen LogP contribution in [0.5, 0.6) is 5.75 Å². The minimum atomic E-state index is -1.01. The number of nitrogens with zero attached hydrogens (tertiary/aromatic N) is 4. The fourth-order valence-corrected chi connectivity index (χ4v) is 8.44. The number of rotatable bonds is 10. The Kier molecular flexibility index (Phi) is 14.2. The zero-order valence-corrected chi connectivity index (χ0v) is 31.7. The molecule has 0 aliphatic carbocycles.